The second-order valence-electron chi connectivity index (χ2n) is 6.02. The van der Waals surface area contributed by atoms with Gasteiger partial charge in [-0.2, -0.15) is 0 Å². The van der Waals surface area contributed by atoms with Gasteiger partial charge in [-0.15, -0.1) is 12.4 Å². The van der Waals surface area contributed by atoms with E-state index in [9.17, 15) is 13.2 Å². The quantitative estimate of drug-likeness (QED) is 0.840. The molecule has 1 amide bonds. The van der Waals surface area contributed by atoms with Crippen LogP contribution in [0.1, 0.15) is 19.8 Å². The van der Waals surface area contributed by atoms with E-state index in [1.807, 2.05) is 0 Å². The van der Waals surface area contributed by atoms with E-state index in [1.54, 1.807) is 24.0 Å². The number of methoxy groups -OCH3 is 1. The third kappa shape index (κ3) is 5.09. The van der Waals surface area contributed by atoms with Gasteiger partial charge in [0.25, 0.3) is 0 Å². The van der Waals surface area contributed by atoms with Crippen LogP contribution in [-0.2, 0) is 14.6 Å². The third-order valence-corrected chi connectivity index (χ3v) is 6.09. The molecular formula is C16H25ClN2O4S. The zero-order valence-corrected chi connectivity index (χ0v) is 15.6. The lowest BCUT2D eigenvalue weighted by atomic mass is 10.0. The van der Waals surface area contributed by atoms with Crippen molar-refractivity contribution in [1.82, 2.24) is 4.90 Å². The van der Waals surface area contributed by atoms with Gasteiger partial charge in [0.05, 0.1) is 17.8 Å². The molecular weight excluding hydrogens is 352 g/mol. The number of piperidine rings is 1. The van der Waals surface area contributed by atoms with Gasteiger partial charge in [-0.1, -0.05) is 6.92 Å². The minimum Gasteiger partial charge on any atom is -0.497 e. The van der Waals surface area contributed by atoms with Gasteiger partial charge in [0.2, 0.25) is 5.91 Å². The fourth-order valence-corrected chi connectivity index (χ4v) is 4.26. The lowest BCUT2D eigenvalue weighted by Crippen LogP contribution is -2.45. The van der Waals surface area contributed by atoms with Crippen molar-refractivity contribution < 1.29 is 17.9 Å². The molecule has 1 atom stereocenters. The van der Waals surface area contributed by atoms with Crippen molar-refractivity contribution in [3.05, 3.63) is 24.3 Å². The van der Waals surface area contributed by atoms with Crippen LogP contribution >= 0.6 is 12.4 Å². The molecule has 8 heteroatoms. The predicted octanol–water partition coefficient (Wildman–Crippen LogP) is 1.48. The highest BCUT2D eigenvalue weighted by Crippen LogP contribution is 2.20. The number of ether oxygens (including phenoxy) is 1. The van der Waals surface area contributed by atoms with Crippen LogP contribution in [0.5, 0.6) is 5.75 Å². The molecule has 136 valence electrons. The highest BCUT2D eigenvalue weighted by atomic mass is 35.5. The first-order valence-electron chi connectivity index (χ1n) is 7.74. The van der Waals surface area contributed by atoms with Gasteiger partial charge >= 0.3 is 0 Å². The molecule has 0 bridgehead atoms. The maximum absolute atomic E-state index is 12.4. The Bertz CT molecular complexity index is 641. The van der Waals surface area contributed by atoms with Crippen molar-refractivity contribution in [3.63, 3.8) is 0 Å². The Morgan fingerprint density at radius 2 is 1.83 bits per heavy atom. The fourth-order valence-electron chi connectivity index (χ4n) is 2.71. The van der Waals surface area contributed by atoms with Gasteiger partial charge in [-0.05, 0) is 37.1 Å². The molecule has 1 aliphatic rings. The molecule has 0 radical (unpaired) electrons. The number of halogens is 1. The normalized spacial score (nSPS) is 17.0. The summed E-state index contributed by atoms with van der Waals surface area (Å²) in [5, 5.41) is 0. The Balaban J connectivity index is 0.00000288. The van der Waals surface area contributed by atoms with Crippen molar-refractivity contribution >= 4 is 28.2 Å². The summed E-state index contributed by atoms with van der Waals surface area (Å²) in [6, 6.07) is 6.35. The molecule has 6 nitrogen and oxygen atoms in total. The van der Waals surface area contributed by atoms with Gasteiger partial charge in [-0.25, -0.2) is 8.42 Å². The molecule has 2 N–H and O–H groups in total. The molecule has 1 aromatic carbocycles. The van der Waals surface area contributed by atoms with E-state index in [2.05, 4.69) is 0 Å². The summed E-state index contributed by atoms with van der Waals surface area (Å²) in [6.45, 7) is 2.87. The molecule has 0 aliphatic carbocycles. The lowest BCUT2D eigenvalue weighted by Gasteiger charge is -2.32. The number of nitrogens with zero attached hydrogens (tertiary/aromatic N) is 1. The van der Waals surface area contributed by atoms with Gasteiger partial charge in [0.15, 0.2) is 9.84 Å². The molecule has 1 aromatic rings. The Morgan fingerprint density at radius 3 is 2.33 bits per heavy atom. The SMILES string of the molecule is COc1ccc(S(=O)(=O)CC(C)C(=O)N2CCC(N)CC2)cc1.Cl. The Kier molecular flexibility index (Phi) is 7.51. The monoisotopic (exact) mass is 376 g/mol. The number of likely N-dealkylation sites (tertiary alicyclic amines) is 1. The van der Waals surface area contributed by atoms with Crippen LogP contribution in [-0.4, -0.2) is 51.2 Å². The number of rotatable bonds is 5. The molecule has 1 aliphatic heterocycles. The largest absolute Gasteiger partial charge is 0.497 e. The molecule has 1 heterocycles. The van der Waals surface area contributed by atoms with Crippen molar-refractivity contribution in [2.45, 2.75) is 30.7 Å². The smallest absolute Gasteiger partial charge is 0.226 e. The molecule has 0 spiro atoms. The summed E-state index contributed by atoms with van der Waals surface area (Å²) in [5.41, 5.74) is 5.83. The first kappa shape index (κ1) is 20.7. The van der Waals surface area contributed by atoms with E-state index in [0.717, 1.165) is 12.8 Å². The number of carbonyl (C=O) groups is 1. The van der Waals surface area contributed by atoms with E-state index < -0.39 is 15.8 Å². The average Bonchev–Trinajstić information content (AvgIpc) is 2.54. The highest BCUT2D eigenvalue weighted by Gasteiger charge is 2.28. The van der Waals surface area contributed by atoms with Crippen LogP contribution < -0.4 is 10.5 Å². The fraction of sp³-hybridized carbons (Fsp3) is 0.562. The van der Waals surface area contributed by atoms with Gasteiger partial charge < -0.3 is 15.4 Å². The van der Waals surface area contributed by atoms with Crippen LogP contribution in [0.3, 0.4) is 0 Å². The van der Waals surface area contributed by atoms with E-state index in [-0.39, 0.29) is 35.0 Å². The number of nitrogens with two attached hydrogens (primary N) is 1. The van der Waals surface area contributed by atoms with E-state index >= 15 is 0 Å². The minimum atomic E-state index is -3.51. The summed E-state index contributed by atoms with van der Waals surface area (Å²) >= 11 is 0. The molecule has 24 heavy (non-hydrogen) atoms. The summed E-state index contributed by atoms with van der Waals surface area (Å²) in [4.78, 5) is 14.3. The van der Waals surface area contributed by atoms with Crippen LogP contribution in [0.15, 0.2) is 29.2 Å². The summed E-state index contributed by atoms with van der Waals surface area (Å²) in [6.07, 6.45) is 1.54. The number of amides is 1. The number of hydrogen-bond donors (Lipinski definition) is 1. The molecule has 1 unspecified atom stereocenters. The number of sulfone groups is 1. The van der Waals surface area contributed by atoms with E-state index in [1.165, 1.54) is 19.2 Å². The average molecular weight is 377 g/mol. The molecule has 1 saturated heterocycles. The van der Waals surface area contributed by atoms with Gasteiger partial charge in [0.1, 0.15) is 5.75 Å². The Hall–Kier alpha value is -1.31. The van der Waals surface area contributed by atoms with Crippen LogP contribution in [0.4, 0.5) is 0 Å². The predicted molar refractivity (Wildman–Crippen MR) is 95.2 cm³/mol. The van der Waals surface area contributed by atoms with Crippen molar-refractivity contribution in [2.75, 3.05) is 26.0 Å². The van der Waals surface area contributed by atoms with Crippen LogP contribution in [0.2, 0.25) is 0 Å². The maximum atomic E-state index is 12.4. The Labute approximate surface area is 149 Å². The summed E-state index contributed by atoms with van der Waals surface area (Å²) < 4.78 is 29.9. The molecule has 0 aromatic heterocycles. The zero-order chi connectivity index (χ0) is 17.0. The zero-order valence-electron chi connectivity index (χ0n) is 14.0. The second-order valence-corrected chi connectivity index (χ2v) is 8.05. The third-order valence-electron chi connectivity index (χ3n) is 4.16. The molecule has 0 saturated carbocycles. The van der Waals surface area contributed by atoms with Crippen LogP contribution in [0, 0.1) is 5.92 Å². The number of carbonyl (C=O) groups excluding carboxylic acids is 1. The first-order chi connectivity index (χ1) is 10.8. The first-order valence-corrected chi connectivity index (χ1v) is 9.40. The highest BCUT2D eigenvalue weighted by molar-refractivity contribution is 7.91. The minimum absolute atomic E-state index is 0. The standard InChI is InChI=1S/C16H24N2O4S.ClH/c1-12(16(19)18-9-7-13(17)8-10-18)11-23(20,21)15-5-3-14(22-2)4-6-15;/h3-6,12-13H,7-11,17H2,1-2H3;1H. The summed E-state index contributed by atoms with van der Waals surface area (Å²) in [5.74, 6) is -0.288. The maximum Gasteiger partial charge on any atom is 0.226 e. The van der Waals surface area contributed by atoms with Crippen LogP contribution in [0.25, 0.3) is 0 Å². The number of benzene rings is 1. The lowest BCUT2D eigenvalue weighted by molar-refractivity contribution is -0.135. The summed E-state index contributed by atoms with van der Waals surface area (Å²) in [7, 11) is -1.98. The van der Waals surface area contributed by atoms with E-state index in [4.69, 9.17) is 10.5 Å². The number of hydrogen-bond acceptors (Lipinski definition) is 5. The molecule has 1 fully saturated rings. The second kappa shape index (κ2) is 8.69. The van der Waals surface area contributed by atoms with Crippen molar-refractivity contribution in [1.29, 1.82) is 0 Å². The molecule has 2 rings (SSSR count). The van der Waals surface area contributed by atoms with Crippen molar-refractivity contribution in [3.8, 4) is 5.75 Å². The van der Waals surface area contributed by atoms with Crippen molar-refractivity contribution in [2.24, 2.45) is 11.7 Å². The topological polar surface area (TPSA) is 89.7 Å². The Morgan fingerprint density at radius 1 is 1.29 bits per heavy atom. The van der Waals surface area contributed by atoms with Gasteiger partial charge in [0, 0.05) is 25.0 Å². The van der Waals surface area contributed by atoms with Gasteiger partial charge in [-0.3, -0.25) is 4.79 Å². The van der Waals surface area contributed by atoms with E-state index in [0.29, 0.717) is 18.8 Å².